The van der Waals surface area contributed by atoms with Gasteiger partial charge in [0, 0.05) is 44.8 Å². The summed E-state index contributed by atoms with van der Waals surface area (Å²) in [4.78, 5) is 29.9. The molecule has 2 aromatic rings. The van der Waals surface area contributed by atoms with Crippen LogP contribution in [-0.2, 0) is 11.8 Å². The van der Waals surface area contributed by atoms with E-state index in [2.05, 4.69) is 4.90 Å². The van der Waals surface area contributed by atoms with Gasteiger partial charge in [0.25, 0.3) is 5.91 Å². The lowest BCUT2D eigenvalue weighted by molar-refractivity contribution is 0.0723. The van der Waals surface area contributed by atoms with Gasteiger partial charge in [-0.3, -0.25) is 14.5 Å². The van der Waals surface area contributed by atoms with Crippen LogP contribution in [0.15, 0.2) is 35.3 Å². The number of benzene rings is 1. The lowest BCUT2D eigenvalue weighted by Gasteiger charge is -2.28. The zero-order chi connectivity index (χ0) is 19.0. The van der Waals surface area contributed by atoms with Gasteiger partial charge < -0.3 is 19.3 Å². The van der Waals surface area contributed by atoms with Crippen molar-refractivity contribution in [2.45, 2.75) is 18.6 Å². The molecule has 7 heteroatoms. The number of aliphatic hydroxyl groups excluding tert-OH is 1. The summed E-state index contributed by atoms with van der Waals surface area (Å²) in [7, 11) is 1.85. The van der Waals surface area contributed by atoms with Crippen molar-refractivity contribution in [3.05, 3.63) is 46.2 Å². The number of carbonyl (C=O) groups is 1. The highest BCUT2D eigenvalue weighted by Crippen LogP contribution is 2.17. The van der Waals surface area contributed by atoms with Crippen molar-refractivity contribution in [1.82, 2.24) is 14.4 Å². The summed E-state index contributed by atoms with van der Waals surface area (Å²) >= 11 is 0. The predicted octanol–water partition coefficient (Wildman–Crippen LogP) is 0.446. The Labute approximate surface area is 157 Å². The number of nitrogens with zero attached hydrogens (tertiary/aromatic N) is 3. The van der Waals surface area contributed by atoms with Crippen molar-refractivity contribution in [2.24, 2.45) is 7.05 Å². The monoisotopic (exact) mass is 371 g/mol. The number of amides is 1. The van der Waals surface area contributed by atoms with Crippen molar-refractivity contribution in [1.29, 1.82) is 0 Å². The fourth-order valence-corrected chi connectivity index (χ4v) is 4.12. The number of aliphatic hydroxyl groups is 1. The van der Waals surface area contributed by atoms with E-state index >= 15 is 0 Å². The summed E-state index contributed by atoms with van der Waals surface area (Å²) in [6.45, 7) is 3.53. The van der Waals surface area contributed by atoms with Crippen LogP contribution in [0.25, 0.3) is 10.9 Å². The zero-order valence-electron chi connectivity index (χ0n) is 15.5. The van der Waals surface area contributed by atoms with Gasteiger partial charge in [-0.25, -0.2) is 0 Å². The summed E-state index contributed by atoms with van der Waals surface area (Å²) in [6, 6.07) is 7.34. The van der Waals surface area contributed by atoms with Crippen LogP contribution in [0.1, 0.15) is 16.8 Å². The first-order valence-electron chi connectivity index (χ1n) is 9.44. The molecule has 144 valence electrons. The molecule has 0 spiro atoms. The number of hydrogen-bond acceptors (Lipinski definition) is 5. The van der Waals surface area contributed by atoms with E-state index in [0.29, 0.717) is 38.2 Å². The maximum Gasteiger partial charge on any atom is 0.259 e. The van der Waals surface area contributed by atoms with E-state index in [-0.39, 0.29) is 22.9 Å². The van der Waals surface area contributed by atoms with Crippen molar-refractivity contribution < 1.29 is 14.6 Å². The average Bonchev–Trinajstić information content (AvgIpc) is 2.96. The molecule has 2 aliphatic heterocycles. The van der Waals surface area contributed by atoms with Gasteiger partial charge in [0.05, 0.1) is 30.9 Å². The normalized spacial score (nSPS) is 24.3. The van der Waals surface area contributed by atoms with Gasteiger partial charge in [-0.1, -0.05) is 12.1 Å². The Morgan fingerprint density at radius 2 is 1.96 bits per heavy atom. The van der Waals surface area contributed by atoms with Crippen molar-refractivity contribution in [3.8, 4) is 0 Å². The second-order valence-corrected chi connectivity index (χ2v) is 7.35. The highest BCUT2D eigenvalue weighted by molar-refractivity contribution is 5.97. The minimum absolute atomic E-state index is 0.00593. The first-order chi connectivity index (χ1) is 13.1. The molecular formula is C20H25N3O4. The van der Waals surface area contributed by atoms with Gasteiger partial charge in [-0.2, -0.15) is 0 Å². The van der Waals surface area contributed by atoms with Crippen LogP contribution in [0.2, 0.25) is 0 Å². The summed E-state index contributed by atoms with van der Waals surface area (Å²) in [5.41, 5.74) is 0.819. The molecule has 0 saturated carbocycles. The molecule has 2 atom stereocenters. The third-order valence-electron chi connectivity index (χ3n) is 5.63. The van der Waals surface area contributed by atoms with Gasteiger partial charge >= 0.3 is 0 Å². The third kappa shape index (κ3) is 3.38. The van der Waals surface area contributed by atoms with Gasteiger partial charge in [0.15, 0.2) is 0 Å². The summed E-state index contributed by atoms with van der Waals surface area (Å²) in [5, 5.41) is 10.6. The lowest BCUT2D eigenvalue weighted by Crippen LogP contribution is -2.45. The molecule has 2 fully saturated rings. The topological polar surface area (TPSA) is 75.0 Å². The molecule has 0 radical (unpaired) electrons. The molecule has 3 heterocycles. The number of aromatic nitrogens is 1. The van der Waals surface area contributed by atoms with Crippen molar-refractivity contribution >= 4 is 16.8 Å². The maximum absolute atomic E-state index is 13.1. The van der Waals surface area contributed by atoms with Crippen LogP contribution < -0.4 is 5.43 Å². The number of carbonyl (C=O) groups excluding carboxylic acids is 1. The Hall–Kier alpha value is -2.22. The standard InChI is InChI=1S/C20H25N3O4/c1-21-11-15(19(25)14-5-2-3-6-16(14)21)20(26)23-8-4-7-22(9-10-23)17-12-27-13-18(17)24/h2-3,5-6,11,17-18,24H,4,7-10,12-13H2,1H3/t17-,18-/m1/s1. The van der Waals surface area contributed by atoms with E-state index in [1.165, 1.54) is 0 Å². The Kier molecular flexibility index (Phi) is 4.99. The smallest absolute Gasteiger partial charge is 0.259 e. The maximum atomic E-state index is 13.1. The molecular weight excluding hydrogens is 346 g/mol. The molecule has 0 aliphatic carbocycles. The predicted molar refractivity (Wildman–Crippen MR) is 102 cm³/mol. The third-order valence-corrected chi connectivity index (χ3v) is 5.63. The number of pyridine rings is 1. The van der Waals surface area contributed by atoms with Crippen LogP contribution in [0.4, 0.5) is 0 Å². The Morgan fingerprint density at radius 3 is 2.74 bits per heavy atom. The van der Waals surface area contributed by atoms with Gasteiger partial charge in [-0.15, -0.1) is 0 Å². The van der Waals surface area contributed by atoms with Gasteiger partial charge in [-0.05, 0) is 18.6 Å². The van der Waals surface area contributed by atoms with Gasteiger partial charge in [0.2, 0.25) is 5.43 Å². The molecule has 0 unspecified atom stereocenters. The van der Waals surface area contributed by atoms with Crippen LogP contribution in [0.5, 0.6) is 0 Å². The van der Waals surface area contributed by atoms with E-state index in [0.717, 1.165) is 18.5 Å². The molecule has 0 bridgehead atoms. The Bertz CT molecular complexity index is 910. The number of rotatable bonds is 2. The minimum atomic E-state index is -0.472. The quantitative estimate of drug-likeness (QED) is 0.830. The molecule has 1 N–H and O–H groups in total. The number of hydrogen-bond donors (Lipinski definition) is 1. The summed E-state index contributed by atoms with van der Waals surface area (Å²) in [6.07, 6.45) is 1.98. The first-order valence-corrected chi connectivity index (χ1v) is 9.44. The largest absolute Gasteiger partial charge is 0.389 e. The summed E-state index contributed by atoms with van der Waals surface area (Å²) in [5.74, 6) is -0.216. The van der Waals surface area contributed by atoms with Crippen LogP contribution >= 0.6 is 0 Å². The second-order valence-electron chi connectivity index (χ2n) is 7.35. The molecule has 4 rings (SSSR count). The van der Waals surface area contributed by atoms with Crippen molar-refractivity contribution in [3.63, 3.8) is 0 Å². The first kappa shape index (κ1) is 18.2. The van der Waals surface area contributed by atoms with Crippen molar-refractivity contribution in [2.75, 3.05) is 39.4 Å². The van der Waals surface area contributed by atoms with E-state index < -0.39 is 6.10 Å². The average molecular weight is 371 g/mol. The molecule has 7 nitrogen and oxygen atoms in total. The highest BCUT2D eigenvalue weighted by Gasteiger charge is 2.33. The Balaban J connectivity index is 1.56. The van der Waals surface area contributed by atoms with Crippen LogP contribution in [0, 0.1) is 0 Å². The van der Waals surface area contributed by atoms with E-state index in [1.54, 1.807) is 17.2 Å². The number of fused-ring (bicyclic) bond motifs is 1. The second kappa shape index (κ2) is 7.42. The van der Waals surface area contributed by atoms with E-state index in [4.69, 9.17) is 4.74 Å². The number of para-hydroxylation sites is 1. The van der Waals surface area contributed by atoms with Crippen LogP contribution in [-0.4, -0.2) is 76.9 Å². The minimum Gasteiger partial charge on any atom is -0.389 e. The molecule has 1 aromatic carbocycles. The zero-order valence-corrected chi connectivity index (χ0v) is 15.5. The molecule has 1 amide bonds. The summed E-state index contributed by atoms with van der Waals surface area (Å²) < 4.78 is 7.19. The lowest BCUT2D eigenvalue weighted by atomic mass is 10.1. The SMILES string of the molecule is Cn1cc(C(=O)N2CCCN([C@@H]3COC[C@H]3O)CC2)c(=O)c2ccccc21. The van der Waals surface area contributed by atoms with Crippen LogP contribution in [0.3, 0.4) is 0 Å². The number of ether oxygens (including phenoxy) is 1. The van der Waals surface area contributed by atoms with E-state index in [1.807, 2.05) is 29.8 Å². The fraction of sp³-hybridized carbons (Fsp3) is 0.500. The molecule has 2 saturated heterocycles. The fourth-order valence-electron chi connectivity index (χ4n) is 4.12. The number of aryl methyl sites for hydroxylation is 1. The molecule has 2 aliphatic rings. The van der Waals surface area contributed by atoms with Gasteiger partial charge in [0.1, 0.15) is 5.56 Å². The van der Waals surface area contributed by atoms with E-state index in [9.17, 15) is 14.7 Å². The highest BCUT2D eigenvalue weighted by atomic mass is 16.5. The Morgan fingerprint density at radius 1 is 1.15 bits per heavy atom. The molecule has 27 heavy (non-hydrogen) atoms. The molecule has 1 aromatic heterocycles.